The molecule has 0 unspecified atom stereocenters. The van der Waals surface area contributed by atoms with Gasteiger partial charge < -0.3 is 19.3 Å². The van der Waals surface area contributed by atoms with Crippen molar-refractivity contribution in [1.82, 2.24) is 14.5 Å². The zero-order valence-corrected chi connectivity index (χ0v) is 21.8. The van der Waals surface area contributed by atoms with Crippen LogP contribution >= 0.6 is 0 Å². The smallest absolute Gasteiger partial charge is 0.295 e. The fourth-order valence-corrected chi connectivity index (χ4v) is 5.19. The average Bonchev–Trinajstić information content (AvgIpc) is 3.57. The Balaban J connectivity index is 1.54. The molecule has 2 aliphatic heterocycles. The molecule has 2 aromatic carbocycles. The number of carbonyl (C=O) groups excluding carboxylic acids is 2. The number of aryl methyl sites for hydroxylation is 1. The number of rotatable bonds is 6. The number of amides is 1. The van der Waals surface area contributed by atoms with E-state index >= 15 is 0 Å². The molecule has 37 heavy (non-hydrogen) atoms. The van der Waals surface area contributed by atoms with Gasteiger partial charge in [-0.3, -0.25) is 9.59 Å². The lowest BCUT2D eigenvalue weighted by Gasteiger charge is -2.26. The highest BCUT2D eigenvalue weighted by Crippen LogP contribution is 2.41. The van der Waals surface area contributed by atoms with Crippen LogP contribution in [-0.4, -0.2) is 43.9 Å². The Kier molecular flexibility index (Phi) is 6.40. The van der Waals surface area contributed by atoms with E-state index in [1.54, 1.807) is 23.5 Å². The second-order valence-corrected chi connectivity index (χ2v) is 11.0. The van der Waals surface area contributed by atoms with Crippen LogP contribution in [0.3, 0.4) is 0 Å². The van der Waals surface area contributed by atoms with Gasteiger partial charge in [-0.15, -0.1) is 0 Å². The Morgan fingerprint density at radius 3 is 2.54 bits per heavy atom. The summed E-state index contributed by atoms with van der Waals surface area (Å²) in [6, 6.07) is 12.8. The molecule has 7 nitrogen and oxygen atoms in total. The molecule has 1 saturated heterocycles. The average molecular weight is 500 g/mol. The van der Waals surface area contributed by atoms with E-state index < -0.39 is 17.7 Å². The highest BCUT2D eigenvalue weighted by atomic mass is 16.5. The molecule has 7 heteroatoms. The molecule has 1 N–H and O–H groups in total. The van der Waals surface area contributed by atoms with Crippen LogP contribution in [0, 0.1) is 0 Å². The standard InChI is InChI=1S/C30H33N3O4/c1-19-16-22-17-21(8-11-24(22)37-19)27(34)25-26(20-6-9-23(10-7-20)30(2,3)4)33(29(36)28(25)35)14-5-13-32-15-12-31-18-32/h6-12,15,17-19,26,34H,5,13-14,16H2,1-4H3/b27-25+/t19-,26-/m1/s1. The fourth-order valence-electron chi connectivity index (χ4n) is 5.19. The molecule has 1 fully saturated rings. The van der Waals surface area contributed by atoms with E-state index in [0.29, 0.717) is 25.1 Å². The molecule has 3 heterocycles. The summed E-state index contributed by atoms with van der Waals surface area (Å²) in [6.45, 7) is 9.46. The van der Waals surface area contributed by atoms with Crippen molar-refractivity contribution in [2.24, 2.45) is 0 Å². The molecule has 5 rings (SSSR count). The topological polar surface area (TPSA) is 84.7 Å². The van der Waals surface area contributed by atoms with Crippen LogP contribution < -0.4 is 4.74 Å². The van der Waals surface area contributed by atoms with Crippen molar-refractivity contribution in [3.05, 3.63) is 89.0 Å². The third kappa shape index (κ3) is 4.78. The van der Waals surface area contributed by atoms with Crippen molar-refractivity contribution >= 4 is 17.4 Å². The number of Topliss-reactive ketones (excluding diaryl/α,β-unsaturated/α-hetero) is 1. The predicted molar refractivity (Wildman–Crippen MR) is 141 cm³/mol. The Morgan fingerprint density at radius 1 is 1.11 bits per heavy atom. The second-order valence-electron chi connectivity index (χ2n) is 11.0. The van der Waals surface area contributed by atoms with Crippen LogP contribution in [0.5, 0.6) is 5.75 Å². The van der Waals surface area contributed by atoms with Crippen LogP contribution in [0.1, 0.15) is 62.4 Å². The monoisotopic (exact) mass is 499 g/mol. The van der Waals surface area contributed by atoms with E-state index in [9.17, 15) is 14.7 Å². The molecule has 1 amide bonds. The first-order valence-corrected chi connectivity index (χ1v) is 12.8. The van der Waals surface area contributed by atoms with Crippen molar-refractivity contribution in [3.8, 4) is 5.75 Å². The van der Waals surface area contributed by atoms with E-state index in [0.717, 1.165) is 28.9 Å². The minimum absolute atomic E-state index is 0.0330. The maximum absolute atomic E-state index is 13.4. The van der Waals surface area contributed by atoms with Gasteiger partial charge in [0, 0.05) is 37.5 Å². The Hall–Kier alpha value is -3.87. The lowest BCUT2D eigenvalue weighted by Crippen LogP contribution is -2.31. The quantitative estimate of drug-likeness (QED) is 0.293. The molecule has 2 aliphatic rings. The summed E-state index contributed by atoms with van der Waals surface area (Å²) in [5.41, 5.74) is 3.55. The number of aromatic nitrogens is 2. The largest absolute Gasteiger partial charge is 0.507 e. The highest BCUT2D eigenvalue weighted by Gasteiger charge is 2.46. The van der Waals surface area contributed by atoms with Gasteiger partial charge in [0.05, 0.1) is 17.9 Å². The lowest BCUT2D eigenvalue weighted by molar-refractivity contribution is -0.139. The second kappa shape index (κ2) is 9.54. The number of fused-ring (bicyclic) bond motifs is 1. The number of benzene rings is 2. The minimum atomic E-state index is -0.666. The summed E-state index contributed by atoms with van der Waals surface area (Å²) in [5, 5.41) is 11.4. The summed E-state index contributed by atoms with van der Waals surface area (Å²) in [7, 11) is 0. The van der Waals surface area contributed by atoms with Crippen LogP contribution in [-0.2, 0) is 28.0 Å². The SMILES string of the molecule is C[C@@H]1Cc2cc(/C(O)=C3\C(=O)C(=O)N(CCCn4ccnc4)[C@@H]3c3ccc(C(C)(C)C)cc3)ccc2O1. The van der Waals surface area contributed by atoms with E-state index in [2.05, 4.69) is 25.8 Å². The van der Waals surface area contributed by atoms with Crippen molar-refractivity contribution in [2.75, 3.05) is 6.54 Å². The maximum atomic E-state index is 13.4. The Morgan fingerprint density at radius 2 is 1.86 bits per heavy atom. The number of aliphatic hydroxyl groups is 1. The van der Waals surface area contributed by atoms with Crippen LogP contribution in [0.2, 0.25) is 0 Å². The number of nitrogens with zero attached hydrogens (tertiary/aromatic N) is 3. The number of hydrogen-bond donors (Lipinski definition) is 1. The third-order valence-electron chi connectivity index (χ3n) is 7.18. The lowest BCUT2D eigenvalue weighted by atomic mass is 9.85. The third-order valence-corrected chi connectivity index (χ3v) is 7.18. The number of hydrogen-bond acceptors (Lipinski definition) is 5. The molecule has 0 radical (unpaired) electrons. The fraction of sp³-hybridized carbons (Fsp3) is 0.367. The first-order valence-electron chi connectivity index (χ1n) is 12.8. The van der Waals surface area contributed by atoms with Crippen LogP contribution in [0.4, 0.5) is 0 Å². The summed E-state index contributed by atoms with van der Waals surface area (Å²) in [5.74, 6) is -0.605. The zero-order valence-electron chi connectivity index (χ0n) is 21.8. The number of ether oxygens (including phenoxy) is 1. The predicted octanol–water partition coefficient (Wildman–Crippen LogP) is 5.02. The number of imidazole rings is 1. The highest BCUT2D eigenvalue weighted by molar-refractivity contribution is 6.46. The van der Waals surface area contributed by atoms with Gasteiger partial charge >= 0.3 is 0 Å². The first-order chi connectivity index (χ1) is 17.6. The number of ketones is 1. The van der Waals surface area contributed by atoms with Gasteiger partial charge in [0.1, 0.15) is 17.6 Å². The van der Waals surface area contributed by atoms with E-state index in [1.807, 2.05) is 54.1 Å². The molecule has 0 spiro atoms. The number of aliphatic hydroxyl groups excluding tert-OH is 1. The van der Waals surface area contributed by atoms with Gasteiger partial charge in [-0.25, -0.2) is 4.98 Å². The van der Waals surface area contributed by atoms with Gasteiger partial charge in [0.15, 0.2) is 0 Å². The Labute approximate surface area is 217 Å². The van der Waals surface area contributed by atoms with Crippen molar-refractivity contribution < 1.29 is 19.4 Å². The zero-order chi connectivity index (χ0) is 26.3. The molecule has 0 saturated carbocycles. The summed E-state index contributed by atoms with van der Waals surface area (Å²) < 4.78 is 7.73. The molecule has 2 atom stereocenters. The molecule has 1 aromatic heterocycles. The normalized spacial score (nSPS) is 20.8. The first kappa shape index (κ1) is 24.8. The number of carbonyl (C=O) groups is 2. The van der Waals surface area contributed by atoms with E-state index in [4.69, 9.17) is 4.74 Å². The van der Waals surface area contributed by atoms with E-state index in [-0.39, 0.29) is 22.9 Å². The van der Waals surface area contributed by atoms with Crippen LogP contribution in [0.15, 0.2) is 66.8 Å². The van der Waals surface area contributed by atoms with E-state index in [1.165, 1.54) is 0 Å². The molecular formula is C30H33N3O4. The summed E-state index contributed by atoms with van der Waals surface area (Å²) in [4.78, 5) is 32.3. The summed E-state index contributed by atoms with van der Waals surface area (Å²) >= 11 is 0. The molecule has 192 valence electrons. The molecule has 3 aromatic rings. The van der Waals surface area contributed by atoms with Crippen LogP contribution in [0.25, 0.3) is 5.76 Å². The Bertz CT molecular complexity index is 1350. The van der Waals surface area contributed by atoms with Crippen molar-refractivity contribution in [3.63, 3.8) is 0 Å². The van der Waals surface area contributed by atoms with Gasteiger partial charge in [-0.05, 0) is 53.6 Å². The molecular weight excluding hydrogens is 466 g/mol. The van der Waals surface area contributed by atoms with Gasteiger partial charge in [-0.1, -0.05) is 45.0 Å². The summed E-state index contributed by atoms with van der Waals surface area (Å²) in [6.07, 6.45) is 6.76. The minimum Gasteiger partial charge on any atom is -0.507 e. The van der Waals surface area contributed by atoms with Crippen molar-refractivity contribution in [1.29, 1.82) is 0 Å². The van der Waals surface area contributed by atoms with Gasteiger partial charge in [0.25, 0.3) is 11.7 Å². The van der Waals surface area contributed by atoms with Gasteiger partial charge in [0.2, 0.25) is 0 Å². The number of likely N-dealkylation sites (tertiary alicyclic amines) is 1. The molecule has 0 aliphatic carbocycles. The van der Waals surface area contributed by atoms with Gasteiger partial charge in [-0.2, -0.15) is 0 Å². The van der Waals surface area contributed by atoms with Crippen molar-refractivity contribution in [2.45, 2.75) is 64.6 Å². The molecule has 0 bridgehead atoms. The maximum Gasteiger partial charge on any atom is 0.295 e.